The van der Waals surface area contributed by atoms with E-state index in [0.717, 1.165) is 9.80 Å². The van der Waals surface area contributed by atoms with Gasteiger partial charge in [-0.25, -0.2) is 19.2 Å². The molecule has 0 spiro atoms. The van der Waals surface area contributed by atoms with Gasteiger partial charge < -0.3 is 42.6 Å². The van der Waals surface area contributed by atoms with Crippen LogP contribution >= 0.6 is 0 Å². The van der Waals surface area contributed by atoms with Crippen molar-refractivity contribution >= 4 is 47.5 Å². The van der Waals surface area contributed by atoms with E-state index in [0.29, 0.717) is 0 Å². The maximum absolute atomic E-state index is 14.8. The zero-order valence-electron chi connectivity index (χ0n) is 41.2. The van der Waals surface area contributed by atoms with Gasteiger partial charge in [0.25, 0.3) is 23.6 Å². The summed E-state index contributed by atoms with van der Waals surface area (Å²) >= 11 is 0. The summed E-state index contributed by atoms with van der Waals surface area (Å²) < 4.78 is 56.7. The van der Waals surface area contributed by atoms with Crippen LogP contribution in [0.3, 0.4) is 0 Å². The molecule has 10 rings (SSSR count). The quantitative estimate of drug-likeness (QED) is 0.0617. The number of hydrogen-bond acceptors (Lipinski definition) is 17. The molecule has 4 aliphatic heterocycles. The molecule has 5 unspecified atom stereocenters. The summed E-state index contributed by atoms with van der Waals surface area (Å²) in [6.45, 7) is -1.31. The number of ether oxygens (including phenoxy) is 9. The van der Waals surface area contributed by atoms with Crippen LogP contribution in [0, 0.1) is 0 Å². The Morgan fingerprint density at radius 1 is 0.390 bits per heavy atom. The van der Waals surface area contributed by atoms with Crippen molar-refractivity contribution in [1.29, 1.82) is 0 Å². The second-order valence-electron chi connectivity index (χ2n) is 18.1. The molecule has 2 fully saturated rings. The summed E-state index contributed by atoms with van der Waals surface area (Å²) in [5, 5.41) is 0. The molecular weight excluding hydrogens is 997 g/mol. The molecule has 392 valence electrons. The Balaban J connectivity index is 1.13. The molecule has 6 aromatic carbocycles. The fourth-order valence-electron chi connectivity index (χ4n) is 9.89. The fourth-order valence-corrected chi connectivity index (χ4v) is 9.89. The average molecular weight is 1050 g/mol. The molecule has 0 aliphatic carbocycles. The number of amides is 4. The highest BCUT2D eigenvalue weighted by atomic mass is 16.7. The Labute approximate surface area is 440 Å². The second kappa shape index (κ2) is 22.6. The molecule has 4 heterocycles. The molecule has 2 saturated heterocycles. The third kappa shape index (κ3) is 10.2. The molecule has 0 saturated carbocycles. The molecule has 77 heavy (non-hydrogen) atoms. The molecule has 0 aromatic heterocycles. The van der Waals surface area contributed by atoms with E-state index in [4.69, 9.17) is 42.6 Å². The van der Waals surface area contributed by atoms with Crippen LogP contribution in [-0.2, 0) is 42.6 Å². The van der Waals surface area contributed by atoms with Crippen LogP contribution in [0.5, 0.6) is 0 Å². The van der Waals surface area contributed by atoms with Crippen molar-refractivity contribution in [3.8, 4) is 0 Å². The van der Waals surface area contributed by atoms with Crippen LogP contribution in [0.25, 0.3) is 0 Å². The van der Waals surface area contributed by atoms with E-state index in [-0.39, 0.29) is 44.5 Å². The second-order valence-corrected chi connectivity index (χ2v) is 18.1. The Kier molecular flexibility index (Phi) is 15.2. The number of hydrogen-bond donors (Lipinski definition) is 0. The molecule has 10 atom stereocenters. The SMILES string of the molecule is COC1C(COC(=O)c2ccccc2)O[C@@H](O[C@H]2C(COC(=O)c3ccccc3)O[C@H](OC)[C@H](N3C(=O)c4ccccc4C3=O)C2OC(=O)c2ccccc2)C(N2C(=O)c3ccccc3C2=O)[C@H]1OC(=O)c1ccccc1. The number of methoxy groups -OCH3 is 2. The fraction of sp³-hybridized carbons (Fsp3) is 0.241. The van der Waals surface area contributed by atoms with Gasteiger partial charge in [0.05, 0.1) is 44.5 Å². The lowest BCUT2D eigenvalue weighted by Crippen LogP contribution is -2.71. The van der Waals surface area contributed by atoms with E-state index in [2.05, 4.69) is 0 Å². The van der Waals surface area contributed by atoms with E-state index >= 15 is 0 Å². The number of nitrogens with zero attached hydrogens (tertiary/aromatic N) is 2. The maximum atomic E-state index is 14.8. The third-order valence-electron chi connectivity index (χ3n) is 13.6. The topological polar surface area (TPSA) is 226 Å². The minimum absolute atomic E-state index is 0.0137. The van der Waals surface area contributed by atoms with Crippen molar-refractivity contribution in [2.75, 3.05) is 27.4 Å². The highest BCUT2D eigenvalue weighted by Crippen LogP contribution is 2.41. The predicted molar refractivity (Wildman–Crippen MR) is 266 cm³/mol. The Morgan fingerprint density at radius 2 is 0.701 bits per heavy atom. The first-order valence-corrected chi connectivity index (χ1v) is 24.4. The highest BCUT2D eigenvalue weighted by Gasteiger charge is 2.61. The first kappa shape index (κ1) is 51.8. The van der Waals surface area contributed by atoms with Crippen molar-refractivity contribution in [2.45, 2.75) is 61.3 Å². The first-order chi connectivity index (χ1) is 37.5. The molecule has 6 aromatic rings. The largest absolute Gasteiger partial charge is 0.459 e. The Bertz CT molecular complexity index is 3130. The lowest BCUT2D eigenvalue weighted by molar-refractivity contribution is -0.338. The van der Waals surface area contributed by atoms with Gasteiger partial charge in [0.15, 0.2) is 24.8 Å². The lowest BCUT2D eigenvalue weighted by atomic mass is 9.92. The summed E-state index contributed by atoms with van der Waals surface area (Å²) in [6.07, 6.45) is -13.5. The summed E-state index contributed by atoms with van der Waals surface area (Å²) in [6, 6.07) is 40.0. The molecule has 4 aliphatic rings. The van der Waals surface area contributed by atoms with Gasteiger partial charge in [-0.05, 0) is 72.8 Å². The summed E-state index contributed by atoms with van der Waals surface area (Å²) in [5.41, 5.74) is 0.377. The van der Waals surface area contributed by atoms with E-state index < -0.39 is 122 Å². The third-order valence-corrected chi connectivity index (χ3v) is 13.6. The molecule has 19 heteroatoms. The monoisotopic (exact) mass is 1040 g/mol. The van der Waals surface area contributed by atoms with Gasteiger partial charge in [0, 0.05) is 14.2 Å². The van der Waals surface area contributed by atoms with Crippen LogP contribution in [0.4, 0.5) is 0 Å². The van der Waals surface area contributed by atoms with Crippen LogP contribution in [-0.4, -0.2) is 146 Å². The predicted octanol–water partition coefficient (Wildman–Crippen LogP) is 5.98. The Morgan fingerprint density at radius 3 is 1.06 bits per heavy atom. The number of rotatable bonds is 16. The number of fused-ring (bicyclic) bond motifs is 2. The normalized spacial score (nSPS) is 24.6. The average Bonchev–Trinajstić information content (AvgIpc) is 4.10. The molecule has 0 radical (unpaired) electrons. The van der Waals surface area contributed by atoms with Crippen molar-refractivity contribution < 1.29 is 81.0 Å². The number of benzene rings is 6. The highest BCUT2D eigenvalue weighted by molar-refractivity contribution is 6.22. The molecule has 4 amide bonds. The number of carbonyl (C=O) groups excluding carboxylic acids is 8. The zero-order valence-corrected chi connectivity index (χ0v) is 41.2. The van der Waals surface area contributed by atoms with Crippen LogP contribution in [0.1, 0.15) is 82.9 Å². The van der Waals surface area contributed by atoms with Crippen molar-refractivity contribution in [3.63, 3.8) is 0 Å². The van der Waals surface area contributed by atoms with Gasteiger partial charge in [0.1, 0.15) is 49.7 Å². The van der Waals surface area contributed by atoms with Gasteiger partial charge >= 0.3 is 23.9 Å². The summed E-state index contributed by atoms with van der Waals surface area (Å²) in [4.78, 5) is 117. The maximum Gasteiger partial charge on any atom is 0.338 e. The number of carbonyl (C=O) groups is 8. The molecule has 0 bridgehead atoms. The zero-order chi connectivity index (χ0) is 53.7. The van der Waals surface area contributed by atoms with Crippen molar-refractivity contribution in [1.82, 2.24) is 9.80 Å². The van der Waals surface area contributed by atoms with E-state index in [1.807, 2.05) is 0 Å². The van der Waals surface area contributed by atoms with Gasteiger partial charge in [-0.1, -0.05) is 97.1 Å². The summed E-state index contributed by atoms with van der Waals surface area (Å²) in [7, 11) is 2.48. The van der Waals surface area contributed by atoms with Crippen LogP contribution < -0.4 is 0 Å². The molecule has 19 nitrogen and oxygen atoms in total. The molecular formula is C58H48N2O17. The number of imide groups is 2. The van der Waals surface area contributed by atoms with Crippen molar-refractivity contribution in [2.24, 2.45) is 0 Å². The van der Waals surface area contributed by atoms with Gasteiger partial charge in [-0.2, -0.15) is 0 Å². The van der Waals surface area contributed by atoms with Crippen LogP contribution in [0.2, 0.25) is 0 Å². The Hall–Kier alpha value is -8.72. The first-order valence-electron chi connectivity index (χ1n) is 24.4. The minimum atomic E-state index is -2.02. The lowest BCUT2D eigenvalue weighted by Gasteiger charge is -2.51. The number of esters is 4. The van der Waals surface area contributed by atoms with Gasteiger partial charge in [-0.15, -0.1) is 0 Å². The van der Waals surface area contributed by atoms with E-state index in [1.54, 1.807) is 97.1 Å². The van der Waals surface area contributed by atoms with Gasteiger partial charge in [-0.3, -0.25) is 29.0 Å². The van der Waals surface area contributed by atoms with Crippen molar-refractivity contribution in [3.05, 3.63) is 214 Å². The molecule has 0 N–H and O–H groups in total. The smallest absolute Gasteiger partial charge is 0.338 e. The van der Waals surface area contributed by atoms with Gasteiger partial charge in [0.2, 0.25) is 0 Å². The van der Waals surface area contributed by atoms with E-state index in [9.17, 15) is 38.4 Å². The minimum Gasteiger partial charge on any atom is -0.459 e. The van der Waals surface area contributed by atoms with Crippen LogP contribution in [0.15, 0.2) is 170 Å². The summed E-state index contributed by atoms with van der Waals surface area (Å²) in [5.74, 6) is -6.88. The standard InChI is InChI=1S/C58H48N2O17/c1-69-45-41(31-71-53(65)33-19-7-3-8-20-33)74-58(44(47(45)75-55(67)35-23-11-5-12-24-35)60-51(63)39-29-17-18-30-40(39)52(60)64)77-46-42(32-72-54(66)34-21-9-4-10-22-34)73-57(70-2)43(48(46)76-56(68)36-25-13-6-14-26-36)59-49(61)37-27-15-16-28-38(37)50(59)62/h3-30,41-48,57-58H,31-32H2,1-2H3/t41?,42?,43-,44?,45?,46+,47-,48?,57+,58+/m1/s1. The van der Waals surface area contributed by atoms with E-state index in [1.165, 1.54) is 87.0 Å².